The van der Waals surface area contributed by atoms with Crippen LogP contribution in [0.15, 0.2) is 165 Å². The summed E-state index contributed by atoms with van der Waals surface area (Å²) in [6.45, 7) is 7.10. The van der Waals surface area contributed by atoms with Crippen molar-refractivity contribution < 1.29 is 9.59 Å². The quantitative estimate of drug-likeness (QED) is 0.106. The highest BCUT2D eigenvalue weighted by atomic mass is 35.5. The zero-order valence-electron chi connectivity index (χ0n) is 31.3. The van der Waals surface area contributed by atoms with Crippen molar-refractivity contribution in [2.45, 2.75) is 19.6 Å². The summed E-state index contributed by atoms with van der Waals surface area (Å²) >= 11 is 9.57. The maximum Gasteiger partial charge on any atom is 0.193 e. The van der Waals surface area contributed by atoms with Crippen molar-refractivity contribution >= 4 is 69.4 Å². The van der Waals surface area contributed by atoms with Crippen LogP contribution in [-0.4, -0.2) is 80.1 Å². The SMILES string of the molecule is CN1CCN(CCN2c3ccccc3Sc3ccc(C(=O)c4ccccc4)cc32)CC1.O=C(c1ccccc1)c1ccc2c(c1)N(CCCl)c1ccccc1S2. The Morgan fingerprint density at radius 1 is 0.482 bits per heavy atom. The molecule has 0 radical (unpaired) electrons. The number of carbonyl (C=O) groups excluding carboxylic acids is 2. The zero-order chi connectivity index (χ0) is 38.4. The average Bonchev–Trinajstić information content (AvgIpc) is 3.25. The molecule has 0 aliphatic carbocycles. The number of rotatable bonds is 9. The maximum absolute atomic E-state index is 13.1. The first-order valence-corrected chi connectivity index (χ1v) is 21.2. The molecule has 3 aliphatic rings. The highest BCUT2D eigenvalue weighted by Crippen LogP contribution is 2.49. The molecule has 0 N–H and O–H groups in total. The molecule has 1 saturated heterocycles. The van der Waals surface area contributed by atoms with E-state index in [1.165, 1.54) is 20.4 Å². The minimum Gasteiger partial charge on any atom is -0.338 e. The van der Waals surface area contributed by atoms with Gasteiger partial charge in [-0.05, 0) is 67.7 Å². The van der Waals surface area contributed by atoms with Crippen LogP contribution in [0.25, 0.3) is 0 Å². The minimum absolute atomic E-state index is 0.0399. The predicted molar refractivity (Wildman–Crippen MR) is 232 cm³/mol. The van der Waals surface area contributed by atoms with Gasteiger partial charge in [0.15, 0.2) is 11.6 Å². The monoisotopic (exact) mass is 794 g/mol. The molecule has 9 rings (SSSR count). The van der Waals surface area contributed by atoms with E-state index < -0.39 is 0 Å². The fraction of sp³-hybridized carbons (Fsp3) is 0.191. The second kappa shape index (κ2) is 17.5. The van der Waals surface area contributed by atoms with Gasteiger partial charge in [0.25, 0.3) is 0 Å². The van der Waals surface area contributed by atoms with E-state index in [1.807, 2.05) is 97.1 Å². The van der Waals surface area contributed by atoms with Gasteiger partial charge in [-0.15, -0.1) is 11.6 Å². The second-order valence-electron chi connectivity index (χ2n) is 14.0. The Kier molecular flexibility index (Phi) is 11.9. The average molecular weight is 795 g/mol. The van der Waals surface area contributed by atoms with Gasteiger partial charge in [-0.1, -0.05) is 108 Å². The fourth-order valence-electron chi connectivity index (χ4n) is 7.33. The molecule has 56 heavy (non-hydrogen) atoms. The lowest BCUT2D eigenvalue weighted by Crippen LogP contribution is -2.46. The number of likely N-dealkylation sites (N-methyl/N-ethyl adjacent to an activating group) is 1. The van der Waals surface area contributed by atoms with Gasteiger partial charge < -0.3 is 14.7 Å². The highest BCUT2D eigenvalue weighted by molar-refractivity contribution is 8.00. The normalized spacial score (nSPS) is 14.8. The molecule has 0 unspecified atom stereocenters. The van der Waals surface area contributed by atoms with Gasteiger partial charge >= 0.3 is 0 Å². The first kappa shape index (κ1) is 38.1. The number of alkyl halides is 1. The van der Waals surface area contributed by atoms with Crippen LogP contribution < -0.4 is 9.80 Å². The lowest BCUT2D eigenvalue weighted by molar-refractivity contribution is 0.103. The van der Waals surface area contributed by atoms with Gasteiger partial charge in [-0.3, -0.25) is 14.5 Å². The standard InChI is InChI=1S/C26H27N3OS.C21H16ClNOS/c1-27-13-15-28(16-14-27)17-18-29-22-9-5-6-10-24(22)31-25-12-11-21(19-23(25)29)26(30)20-7-3-2-4-8-20;22-12-13-23-17-8-4-5-9-19(17)25-20-11-10-16(14-18(20)23)21(24)15-6-2-1-3-7-15/h2-12,19H,13-18H2,1H3;1-11,14H,12-13H2. The number of carbonyl (C=O) groups is 2. The Morgan fingerprint density at radius 2 is 0.911 bits per heavy atom. The number of anilines is 4. The van der Waals surface area contributed by atoms with Gasteiger partial charge in [0.2, 0.25) is 0 Å². The lowest BCUT2D eigenvalue weighted by atomic mass is 10.0. The number of para-hydroxylation sites is 2. The Morgan fingerprint density at radius 3 is 1.39 bits per heavy atom. The first-order chi connectivity index (χ1) is 27.5. The van der Waals surface area contributed by atoms with Crippen LogP contribution in [0.5, 0.6) is 0 Å². The smallest absolute Gasteiger partial charge is 0.193 e. The molecule has 0 spiro atoms. The largest absolute Gasteiger partial charge is 0.338 e. The minimum atomic E-state index is 0.0399. The number of piperazine rings is 1. The molecule has 0 amide bonds. The van der Waals surface area contributed by atoms with Crippen LogP contribution in [0.2, 0.25) is 0 Å². The van der Waals surface area contributed by atoms with Crippen molar-refractivity contribution in [3.63, 3.8) is 0 Å². The Balaban J connectivity index is 0.000000161. The van der Waals surface area contributed by atoms with E-state index >= 15 is 0 Å². The predicted octanol–water partition coefficient (Wildman–Crippen LogP) is 10.5. The summed E-state index contributed by atoms with van der Waals surface area (Å²) < 4.78 is 0. The Bertz CT molecular complexity index is 2330. The Labute approximate surface area is 343 Å². The van der Waals surface area contributed by atoms with Crippen LogP contribution >= 0.6 is 35.1 Å². The Hall–Kier alpha value is -4.83. The van der Waals surface area contributed by atoms with Gasteiger partial charge in [-0.2, -0.15) is 0 Å². The van der Waals surface area contributed by atoms with E-state index in [4.69, 9.17) is 11.6 Å². The van der Waals surface area contributed by atoms with E-state index in [0.717, 1.165) is 72.4 Å². The van der Waals surface area contributed by atoms with Crippen LogP contribution in [0.1, 0.15) is 31.8 Å². The summed E-state index contributed by atoms with van der Waals surface area (Å²) in [5.41, 5.74) is 7.44. The van der Waals surface area contributed by atoms with E-state index in [-0.39, 0.29) is 11.6 Å². The molecule has 0 atom stereocenters. The molecule has 9 heteroatoms. The number of hydrogen-bond acceptors (Lipinski definition) is 8. The van der Waals surface area contributed by atoms with Crippen molar-refractivity contribution in [1.29, 1.82) is 0 Å². The van der Waals surface area contributed by atoms with E-state index in [1.54, 1.807) is 23.5 Å². The third kappa shape index (κ3) is 8.31. The van der Waals surface area contributed by atoms with Crippen LogP contribution in [0.4, 0.5) is 22.7 Å². The summed E-state index contributed by atoms with van der Waals surface area (Å²) in [5, 5.41) is 0. The van der Waals surface area contributed by atoms with E-state index in [9.17, 15) is 9.59 Å². The van der Waals surface area contributed by atoms with Crippen LogP contribution in [-0.2, 0) is 0 Å². The molecule has 6 nitrogen and oxygen atoms in total. The maximum atomic E-state index is 13.1. The van der Waals surface area contributed by atoms with Crippen LogP contribution in [0.3, 0.4) is 0 Å². The second-order valence-corrected chi connectivity index (χ2v) is 16.6. The molecule has 6 aromatic carbocycles. The number of benzene rings is 6. The van der Waals surface area contributed by atoms with Gasteiger partial charge in [0.05, 0.1) is 22.7 Å². The highest BCUT2D eigenvalue weighted by Gasteiger charge is 2.27. The van der Waals surface area contributed by atoms with Crippen molar-refractivity contribution in [3.05, 3.63) is 168 Å². The molecule has 0 saturated carbocycles. The molecular formula is C47H43ClN4O2S2. The van der Waals surface area contributed by atoms with Gasteiger partial charge in [0, 0.05) is 93.5 Å². The van der Waals surface area contributed by atoms with E-state index in [2.05, 4.69) is 75.2 Å². The number of hydrogen-bond donors (Lipinski definition) is 0. The van der Waals surface area contributed by atoms with Gasteiger partial charge in [-0.25, -0.2) is 0 Å². The third-order valence-corrected chi connectivity index (χ3v) is 12.8. The van der Waals surface area contributed by atoms with Crippen molar-refractivity contribution in [1.82, 2.24) is 9.80 Å². The number of ketones is 2. The summed E-state index contributed by atoms with van der Waals surface area (Å²) in [7, 11) is 2.19. The molecule has 6 aromatic rings. The summed E-state index contributed by atoms with van der Waals surface area (Å²) in [6.07, 6.45) is 0. The summed E-state index contributed by atoms with van der Waals surface area (Å²) in [5.74, 6) is 0.638. The first-order valence-electron chi connectivity index (χ1n) is 19.0. The molecule has 0 bridgehead atoms. The zero-order valence-corrected chi connectivity index (χ0v) is 33.7. The molecule has 282 valence electrons. The topological polar surface area (TPSA) is 47.1 Å². The number of fused-ring (bicyclic) bond motifs is 4. The molecule has 3 heterocycles. The molecule has 3 aliphatic heterocycles. The van der Waals surface area contributed by atoms with Crippen molar-refractivity contribution in [3.8, 4) is 0 Å². The summed E-state index contributed by atoms with van der Waals surface area (Å²) in [6, 6.07) is 47.9. The number of nitrogens with zero attached hydrogens (tertiary/aromatic N) is 4. The molecule has 1 fully saturated rings. The van der Waals surface area contributed by atoms with Crippen LogP contribution in [0, 0.1) is 0 Å². The third-order valence-electron chi connectivity index (χ3n) is 10.4. The lowest BCUT2D eigenvalue weighted by Gasteiger charge is -2.37. The fourth-order valence-corrected chi connectivity index (χ4v) is 9.65. The summed E-state index contributed by atoms with van der Waals surface area (Å²) in [4.78, 5) is 40.3. The van der Waals surface area contributed by atoms with E-state index in [0.29, 0.717) is 23.6 Å². The molecule has 0 aromatic heterocycles. The van der Waals surface area contributed by atoms with Crippen molar-refractivity contribution in [2.24, 2.45) is 0 Å². The number of halogens is 1. The van der Waals surface area contributed by atoms with Gasteiger partial charge in [0.1, 0.15) is 0 Å². The van der Waals surface area contributed by atoms with Crippen molar-refractivity contribution in [2.75, 3.05) is 68.5 Å². The molecular weight excluding hydrogens is 752 g/mol.